The molecule has 0 bridgehead atoms. The van der Waals surface area contributed by atoms with Gasteiger partial charge in [0.2, 0.25) is 5.91 Å². The van der Waals surface area contributed by atoms with E-state index in [4.69, 9.17) is 0 Å². The highest BCUT2D eigenvalue weighted by molar-refractivity contribution is 5.89. The van der Waals surface area contributed by atoms with E-state index in [0.29, 0.717) is 25.9 Å². The van der Waals surface area contributed by atoms with E-state index in [1.165, 1.54) is 0 Å². The fourth-order valence-electron chi connectivity index (χ4n) is 2.54. The number of rotatable bonds is 2. The molecule has 0 atom stereocenters. The molecule has 2 N–H and O–H groups in total. The van der Waals surface area contributed by atoms with Crippen molar-refractivity contribution in [2.45, 2.75) is 39.2 Å². The number of nitrogens with zero attached hydrogens (tertiary/aromatic N) is 1. The van der Waals surface area contributed by atoms with E-state index < -0.39 is 0 Å². The summed E-state index contributed by atoms with van der Waals surface area (Å²) in [6.45, 7) is 7.16. The van der Waals surface area contributed by atoms with Crippen molar-refractivity contribution in [1.29, 1.82) is 0 Å². The number of anilines is 1. The minimum atomic E-state index is -0.209. The number of nitrogens with one attached hydrogen (secondary N) is 2. The van der Waals surface area contributed by atoms with E-state index >= 15 is 0 Å². The first kappa shape index (κ1) is 16.3. The molecule has 1 aliphatic heterocycles. The fourth-order valence-corrected chi connectivity index (χ4v) is 2.54. The summed E-state index contributed by atoms with van der Waals surface area (Å²) in [6, 6.07) is 9.32. The second kappa shape index (κ2) is 6.81. The second-order valence-electron chi connectivity index (χ2n) is 6.80. The van der Waals surface area contributed by atoms with Crippen LogP contribution in [0.5, 0.6) is 0 Å². The monoisotopic (exact) mass is 303 g/mol. The predicted molar refractivity (Wildman–Crippen MR) is 87.7 cm³/mol. The summed E-state index contributed by atoms with van der Waals surface area (Å²) in [7, 11) is 0. The summed E-state index contributed by atoms with van der Waals surface area (Å²) in [4.78, 5) is 26.1. The second-order valence-corrected chi connectivity index (χ2v) is 6.80. The average Bonchev–Trinajstić information content (AvgIpc) is 2.46. The highest BCUT2D eigenvalue weighted by Crippen LogP contribution is 2.19. The molecule has 120 valence electrons. The first-order valence-electron chi connectivity index (χ1n) is 7.78. The Morgan fingerprint density at radius 3 is 2.23 bits per heavy atom. The average molecular weight is 303 g/mol. The molecule has 1 saturated heterocycles. The lowest BCUT2D eigenvalue weighted by molar-refractivity contribution is -0.127. The SMILES string of the molecule is CC(C)(C)NC(=O)C1CCN(C(=O)Nc2ccccc2)CC1. The van der Waals surface area contributed by atoms with Crippen LogP contribution < -0.4 is 10.6 Å². The number of hydrogen-bond acceptors (Lipinski definition) is 2. The van der Waals surface area contributed by atoms with E-state index in [1.807, 2.05) is 51.1 Å². The molecule has 0 aromatic heterocycles. The summed E-state index contributed by atoms with van der Waals surface area (Å²) >= 11 is 0. The maximum Gasteiger partial charge on any atom is 0.321 e. The molecule has 5 nitrogen and oxygen atoms in total. The molecular weight excluding hydrogens is 278 g/mol. The lowest BCUT2D eigenvalue weighted by Crippen LogP contribution is -2.48. The molecule has 2 rings (SSSR count). The van der Waals surface area contributed by atoms with E-state index in [9.17, 15) is 9.59 Å². The van der Waals surface area contributed by atoms with Crippen LogP contribution in [-0.4, -0.2) is 35.5 Å². The van der Waals surface area contributed by atoms with E-state index in [2.05, 4.69) is 10.6 Å². The van der Waals surface area contributed by atoms with E-state index in [-0.39, 0.29) is 23.4 Å². The number of carbonyl (C=O) groups is 2. The molecule has 1 aliphatic rings. The Hall–Kier alpha value is -2.04. The van der Waals surface area contributed by atoms with Gasteiger partial charge in [-0.2, -0.15) is 0 Å². The van der Waals surface area contributed by atoms with Gasteiger partial charge in [-0.1, -0.05) is 18.2 Å². The van der Waals surface area contributed by atoms with Crippen LogP contribution in [0, 0.1) is 5.92 Å². The maximum absolute atomic E-state index is 12.2. The van der Waals surface area contributed by atoms with Crippen LogP contribution in [0.3, 0.4) is 0 Å². The highest BCUT2D eigenvalue weighted by atomic mass is 16.2. The fraction of sp³-hybridized carbons (Fsp3) is 0.529. The summed E-state index contributed by atoms with van der Waals surface area (Å²) in [6.07, 6.45) is 1.42. The summed E-state index contributed by atoms with van der Waals surface area (Å²) in [5, 5.41) is 5.90. The summed E-state index contributed by atoms with van der Waals surface area (Å²) < 4.78 is 0. The molecule has 0 unspecified atom stereocenters. The van der Waals surface area contributed by atoms with Gasteiger partial charge in [0, 0.05) is 30.2 Å². The van der Waals surface area contributed by atoms with Gasteiger partial charge in [0.15, 0.2) is 0 Å². The van der Waals surface area contributed by atoms with Crippen molar-refractivity contribution in [2.24, 2.45) is 5.92 Å². The van der Waals surface area contributed by atoms with Crippen molar-refractivity contribution in [3.63, 3.8) is 0 Å². The summed E-state index contributed by atoms with van der Waals surface area (Å²) in [5.41, 5.74) is 0.582. The molecule has 0 spiro atoms. The molecule has 0 saturated carbocycles. The minimum absolute atomic E-state index is 0.000000262. The zero-order chi connectivity index (χ0) is 16.2. The number of likely N-dealkylation sites (tertiary alicyclic amines) is 1. The topological polar surface area (TPSA) is 61.4 Å². The van der Waals surface area contributed by atoms with E-state index in [1.54, 1.807) is 4.90 Å². The highest BCUT2D eigenvalue weighted by Gasteiger charge is 2.29. The largest absolute Gasteiger partial charge is 0.351 e. The molecule has 1 aromatic rings. The van der Waals surface area contributed by atoms with Gasteiger partial charge in [-0.3, -0.25) is 4.79 Å². The van der Waals surface area contributed by atoms with Crippen LogP contribution in [0.25, 0.3) is 0 Å². The number of benzene rings is 1. The van der Waals surface area contributed by atoms with Gasteiger partial charge in [-0.25, -0.2) is 4.79 Å². The lowest BCUT2D eigenvalue weighted by Gasteiger charge is -2.33. The third-order valence-corrected chi connectivity index (χ3v) is 3.68. The van der Waals surface area contributed by atoms with Crippen molar-refractivity contribution in [3.8, 4) is 0 Å². The van der Waals surface area contributed by atoms with Crippen molar-refractivity contribution in [2.75, 3.05) is 18.4 Å². The zero-order valence-corrected chi connectivity index (χ0v) is 13.6. The number of piperidine rings is 1. The Kier molecular flexibility index (Phi) is 5.06. The number of para-hydroxylation sites is 1. The Morgan fingerprint density at radius 1 is 1.09 bits per heavy atom. The third kappa shape index (κ3) is 4.76. The maximum atomic E-state index is 12.2. The Bertz CT molecular complexity index is 514. The van der Waals surface area contributed by atoms with E-state index in [0.717, 1.165) is 5.69 Å². The molecule has 22 heavy (non-hydrogen) atoms. The number of carbonyl (C=O) groups excluding carboxylic acids is 2. The smallest absolute Gasteiger partial charge is 0.321 e. The van der Waals surface area contributed by atoms with Crippen molar-refractivity contribution < 1.29 is 9.59 Å². The molecule has 1 heterocycles. The molecule has 1 aromatic carbocycles. The van der Waals surface area contributed by atoms with Crippen molar-refractivity contribution >= 4 is 17.6 Å². The first-order valence-corrected chi connectivity index (χ1v) is 7.78. The molecule has 5 heteroatoms. The standard InChI is InChI=1S/C17H25N3O2/c1-17(2,3)19-15(21)13-9-11-20(12-10-13)16(22)18-14-7-5-4-6-8-14/h4-8,13H,9-12H2,1-3H3,(H,18,22)(H,19,21). The molecular formula is C17H25N3O2. The van der Waals surface area contributed by atoms with Gasteiger partial charge in [-0.15, -0.1) is 0 Å². The number of hydrogen-bond donors (Lipinski definition) is 2. The Labute approximate surface area is 132 Å². The normalized spacial score (nSPS) is 16.2. The lowest BCUT2D eigenvalue weighted by atomic mass is 9.94. The van der Waals surface area contributed by atoms with Crippen LogP contribution >= 0.6 is 0 Å². The minimum Gasteiger partial charge on any atom is -0.351 e. The number of amides is 3. The summed E-state index contributed by atoms with van der Waals surface area (Å²) in [5.74, 6) is 0.0932. The Morgan fingerprint density at radius 2 is 1.68 bits per heavy atom. The van der Waals surface area contributed by atoms with Gasteiger partial charge in [0.25, 0.3) is 0 Å². The molecule has 1 fully saturated rings. The van der Waals surface area contributed by atoms with Crippen molar-refractivity contribution in [3.05, 3.63) is 30.3 Å². The van der Waals surface area contributed by atoms with Gasteiger partial charge >= 0.3 is 6.03 Å². The molecule has 0 radical (unpaired) electrons. The van der Waals surface area contributed by atoms with Gasteiger partial charge in [0.05, 0.1) is 0 Å². The third-order valence-electron chi connectivity index (χ3n) is 3.68. The van der Waals surface area contributed by atoms with Gasteiger partial charge in [-0.05, 0) is 45.7 Å². The van der Waals surface area contributed by atoms with Gasteiger partial charge < -0.3 is 15.5 Å². The van der Waals surface area contributed by atoms with Crippen LogP contribution in [0.1, 0.15) is 33.6 Å². The first-order chi connectivity index (χ1) is 10.3. The van der Waals surface area contributed by atoms with Crippen molar-refractivity contribution in [1.82, 2.24) is 10.2 Å². The number of urea groups is 1. The predicted octanol–water partition coefficient (Wildman–Crippen LogP) is 2.85. The Balaban J connectivity index is 1.82. The quantitative estimate of drug-likeness (QED) is 0.882. The van der Waals surface area contributed by atoms with Crippen LogP contribution in [0.4, 0.5) is 10.5 Å². The molecule has 0 aliphatic carbocycles. The van der Waals surface area contributed by atoms with Crippen LogP contribution in [0.2, 0.25) is 0 Å². The van der Waals surface area contributed by atoms with Crippen LogP contribution in [0.15, 0.2) is 30.3 Å². The molecule has 3 amide bonds. The van der Waals surface area contributed by atoms with Gasteiger partial charge in [0.1, 0.15) is 0 Å². The zero-order valence-electron chi connectivity index (χ0n) is 13.6. The van der Waals surface area contributed by atoms with Crippen LogP contribution in [-0.2, 0) is 4.79 Å².